The first kappa shape index (κ1) is 16.9. The van der Waals surface area contributed by atoms with Crippen LogP contribution in [0.15, 0.2) is 66.7 Å². The van der Waals surface area contributed by atoms with Gasteiger partial charge in [-0.3, -0.25) is 19.3 Å². The summed E-state index contributed by atoms with van der Waals surface area (Å²) in [5.41, 5.74) is 2.80. The molecule has 2 aliphatic carbocycles. The molecule has 1 aliphatic heterocycles. The first-order valence-electron chi connectivity index (χ1n) is 9.61. The molecule has 4 unspecified atom stereocenters. The van der Waals surface area contributed by atoms with Crippen molar-refractivity contribution in [2.75, 3.05) is 11.9 Å². The fourth-order valence-corrected chi connectivity index (χ4v) is 4.84. The highest BCUT2D eigenvalue weighted by Gasteiger charge is 2.59. The summed E-state index contributed by atoms with van der Waals surface area (Å²) in [4.78, 5) is 38.9. The van der Waals surface area contributed by atoms with E-state index in [1.54, 1.807) is 0 Å². The summed E-state index contributed by atoms with van der Waals surface area (Å²) in [5.74, 6) is -0.951. The molecular weight excluding hydrogens is 352 g/mol. The Hall–Kier alpha value is -3.21. The van der Waals surface area contributed by atoms with Crippen molar-refractivity contribution < 1.29 is 14.4 Å². The number of anilines is 1. The lowest BCUT2D eigenvalue weighted by atomic mass is 9.85. The van der Waals surface area contributed by atoms with Crippen molar-refractivity contribution in [2.24, 2.45) is 23.7 Å². The average molecular weight is 372 g/mol. The van der Waals surface area contributed by atoms with Crippen molar-refractivity contribution in [3.8, 4) is 11.1 Å². The SMILES string of the molecule is O=C(CN1C(=O)C2C3C=CC(C3)C2C1=O)Nc1ccc(-c2ccccc2)cc1. The van der Waals surface area contributed by atoms with E-state index in [1.165, 1.54) is 0 Å². The van der Waals surface area contributed by atoms with Crippen LogP contribution >= 0.6 is 0 Å². The zero-order valence-electron chi connectivity index (χ0n) is 15.2. The van der Waals surface area contributed by atoms with Gasteiger partial charge in [-0.2, -0.15) is 0 Å². The van der Waals surface area contributed by atoms with E-state index < -0.39 is 0 Å². The average Bonchev–Trinajstić information content (AvgIpc) is 3.39. The third kappa shape index (κ3) is 2.66. The minimum Gasteiger partial charge on any atom is -0.325 e. The van der Waals surface area contributed by atoms with Crippen LogP contribution in [0, 0.1) is 23.7 Å². The summed E-state index contributed by atoms with van der Waals surface area (Å²) >= 11 is 0. The van der Waals surface area contributed by atoms with Gasteiger partial charge in [-0.05, 0) is 41.5 Å². The topological polar surface area (TPSA) is 66.5 Å². The van der Waals surface area contributed by atoms with Crippen LogP contribution in [-0.4, -0.2) is 29.2 Å². The van der Waals surface area contributed by atoms with Gasteiger partial charge >= 0.3 is 0 Å². The van der Waals surface area contributed by atoms with E-state index >= 15 is 0 Å². The van der Waals surface area contributed by atoms with Gasteiger partial charge in [-0.25, -0.2) is 0 Å². The van der Waals surface area contributed by atoms with Gasteiger partial charge < -0.3 is 5.32 Å². The second-order valence-electron chi connectivity index (χ2n) is 7.75. The normalized spacial score (nSPS) is 27.4. The van der Waals surface area contributed by atoms with E-state index in [4.69, 9.17) is 0 Å². The zero-order valence-corrected chi connectivity index (χ0v) is 15.2. The van der Waals surface area contributed by atoms with E-state index in [0.717, 1.165) is 22.4 Å². The molecule has 1 saturated heterocycles. The number of nitrogens with one attached hydrogen (secondary N) is 1. The van der Waals surface area contributed by atoms with E-state index in [9.17, 15) is 14.4 Å². The first-order chi connectivity index (χ1) is 13.6. The van der Waals surface area contributed by atoms with Gasteiger partial charge in [0.25, 0.3) is 0 Å². The Labute approximate surface area is 163 Å². The van der Waals surface area contributed by atoms with Crippen LogP contribution in [0.5, 0.6) is 0 Å². The predicted octanol–water partition coefficient (Wildman–Crippen LogP) is 3.10. The second kappa shape index (κ2) is 6.44. The third-order valence-corrected chi connectivity index (χ3v) is 6.14. The molecule has 3 aliphatic rings. The van der Waals surface area contributed by atoms with Crippen molar-refractivity contribution in [1.82, 2.24) is 4.90 Å². The van der Waals surface area contributed by atoms with Crippen LogP contribution in [0.25, 0.3) is 11.1 Å². The molecule has 1 heterocycles. The molecule has 1 N–H and O–H groups in total. The molecule has 140 valence electrons. The molecular formula is C23H20N2O3. The predicted molar refractivity (Wildman–Crippen MR) is 105 cm³/mol. The lowest BCUT2D eigenvalue weighted by molar-refractivity contribution is -0.143. The van der Waals surface area contributed by atoms with Crippen molar-refractivity contribution >= 4 is 23.4 Å². The van der Waals surface area contributed by atoms with Crippen LogP contribution in [0.3, 0.4) is 0 Å². The molecule has 5 rings (SSSR count). The quantitative estimate of drug-likeness (QED) is 0.662. The molecule has 5 heteroatoms. The summed E-state index contributed by atoms with van der Waals surface area (Å²) in [6, 6.07) is 17.5. The number of rotatable bonds is 4. The van der Waals surface area contributed by atoms with Gasteiger partial charge in [0.1, 0.15) is 6.54 Å². The summed E-state index contributed by atoms with van der Waals surface area (Å²) in [6.45, 7) is -0.218. The molecule has 28 heavy (non-hydrogen) atoms. The first-order valence-corrected chi connectivity index (χ1v) is 9.61. The lowest BCUT2D eigenvalue weighted by Crippen LogP contribution is -2.39. The van der Waals surface area contributed by atoms with Crippen molar-refractivity contribution in [3.05, 3.63) is 66.7 Å². The van der Waals surface area contributed by atoms with Crippen LogP contribution in [-0.2, 0) is 14.4 Å². The Kier molecular flexibility index (Phi) is 3.90. The number of hydrogen-bond acceptors (Lipinski definition) is 3. The highest BCUT2D eigenvalue weighted by atomic mass is 16.2. The number of fused-ring (bicyclic) bond motifs is 5. The Morgan fingerprint density at radius 2 is 1.43 bits per heavy atom. The minimum absolute atomic E-state index is 0.157. The highest BCUT2D eigenvalue weighted by Crippen LogP contribution is 2.52. The fourth-order valence-electron chi connectivity index (χ4n) is 4.84. The van der Waals surface area contributed by atoms with E-state index in [0.29, 0.717) is 5.69 Å². The Morgan fingerprint density at radius 3 is 2.04 bits per heavy atom. The van der Waals surface area contributed by atoms with Gasteiger partial charge in [0.2, 0.25) is 17.7 Å². The van der Waals surface area contributed by atoms with E-state index in [2.05, 4.69) is 17.5 Å². The molecule has 0 aromatic heterocycles. The number of benzene rings is 2. The highest BCUT2D eigenvalue weighted by molar-refractivity contribution is 6.09. The van der Waals surface area contributed by atoms with Gasteiger partial charge in [-0.1, -0.05) is 54.6 Å². The van der Waals surface area contributed by atoms with E-state index in [-0.39, 0.29) is 47.9 Å². The number of carbonyl (C=O) groups is 3. The molecule has 4 atom stereocenters. The summed E-state index contributed by atoms with van der Waals surface area (Å²) < 4.78 is 0. The zero-order chi connectivity index (χ0) is 19.3. The number of carbonyl (C=O) groups excluding carboxylic acids is 3. The van der Waals surface area contributed by atoms with Crippen LogP contribution in [0.2, 0.25) is 0 Å². The number of imide groups is 1. The maximum Gasteiger partial charge on any atom is 0.244 e. The summed E-state index contributed by atoms with van der Waals surface area (Å²) in [7, 11) is 0. The second-order valence-corrected chi connectivity index (χ2v) is 7.75. The maximum absolute atomic E-state index is 12.7. The van der Waals surface area contributed by atoms with E-state index in [1.807, 2.05) is 54.6 Å². The molecule has 0 radical (unpaired) electrons. The summed E-state index contributed by atoms with van der Waals surface area (Å²) in [6.07, 6.45) is 4.99. The number of nitrogens with zero attached hydrogens (tertiary/aromatic N) is 1. The molecule has 5 nitrogen and oxygen atoms in total. The van der Waals surface area contributed by atoms with Gasteiger partial charge in [0.15, 0.2) is 0 Å². The Bertz CT molecular complexity index is 951. The molecule has 1 saturated carbocycles. The Balaban J connectivity index is 1.25. The monoisotopic (exact) mass is 372 g/mol. The fraction of sp³-hybridized carbons (Fsp3) is 0.261. The molecule has 2 bridgehead atoms. The largest absolute Gasteiger partial charge is 0.325 e. The van der Waals surface area contributed by atoms with Gasteiger partial charge in [-0.15, -0.1) is 0 Å². The molecule has 3 amide bonds. The summed E-state index contributed by atoms with van der Waals surface area (Å²) in [5, 5.41) is 2.79. The van der Waals surface area contributed by atoms with Gasteiger partial charge in [0, 0.05) is 5.69 Å². The smallest absolute Gasteiger partial charge is 0.244 e. The van der Waals surface area contributed by atoms with Gasteiger partial charge in [0.05, 0.1) is 11.8 Å². The number of allylic oxidation sites excluding steroid dienone is 2. The van der Waals surface area contributed by atoms with Crippen LogP contribution in [0.1, 0.15) is 6.42 Å². The lowest BCUT2D eigenvalue weighted by Gasteiger charge is -2.17. The molecule has 0 spiro atoms. The Morgan fingerprint density at radius 1 is 0.857 bits per heavy atom. The number of hydrogen-bond donors (Lipinski definition) is 1. The molecule has 2 aromatic rings. The number of likely N-dealkylation sites (tertiary alicyclic amines) is 1. The maximum atomic E-state index is 12.7. The standard InChI is InChI=1S/C23H20N2O3/c26-19(24-18-10-8-15(9-11-18)14-4-2-1-3-5-14)13-25-22(27)20-16-6-7-17(12-16)21(20)23(25)28/h1-11,16-17,20-21H,12-13H2,(H,24,26). The third-order valence-electron chi connectivity index (χ3n) is 6.14. The van der Waals surface area contributed by atoms with Crippen molar-refractivity contribution in [1.29, 1.82) is 0 Å². The molecule has 2 aromatic carbocycles. The molecule has 2 fully saturated rings. The van der Waals surface area contributed by atoms with Crippen LogP contribution in [0.4, 0.5) is 5.69 Å². The van der Waals surface area contributed by atoms with Crippen LogP contribution < -0.4 is 5.32 Å². The van der Waals surface area contributed by atoms with Crippen molar-refractivity contribution in [2.45, 2.75) is 6.42 Å². The minimum atomic E-state index is -0.352. The number of amides is 3. The van der Waals surface area contributed by atoms with Crippen molar-refractivity contribution in [3.63, 3.8) is 0 Å².